The Morgan fingerprint density at radius 2 is 2.12 bits per heavy atom. The second-order valence-corrected chi connectivity index (χ2v) is 4.03. The van der Waals surface area contributed by atoms with E-state index in [0.29, 0.717) is 0 Å². The summed E-state index contributed by atoms with van der Waals surface area (Å²) in [5.41, 5.74) is 2.56. The van der Waals surface area contributed by atoms with Crippen molar-refractivity contribution >= 4 is 6.72 Å². The monoisotopic (exact) mass is 235 g/mol. The minimum atomic E-state index is 0.158. The molecule has 0 N–H and O–H groups in total. The van der Waals surface area contributed by atoms with E-state index < -0.39 is 0 Å². The molecular formula is C15H25NO. The molecule has 0 aromatic rings. The summed E-state index contributed by atoms with van der Waals surface area (Å²) in [5.74, 6) is 0. The van der Waals surface area contributed by atoms with E-state index >= 15 is 0 Å². The molecule has 0 saturated heterocycles. The topological polar surface area (TPSA) is 21.6 Å². The Hall–Kier alpha value is -1.31. The summed E-state index contributed by atoms with van der Waals surface area (Å²) in [5, 5.41) is 3.50. The van der Waals surface area contributed by atoms with Crippen LogP contribution in [0.5, 0.6) is 0 Å². The average molecular weight is 235 g/mol. The Morgan fingerprint density at radius 3 is 2.59 bits per heavy atom. The molecule has 0 aliphatic carbocycles. The van der Waals surface area contributed by atoms with E-state index in [4.69, 9.17) is 4.84 Å². The molecule has 0 rings (SSSR count). The fraction of sp³-hybridized carbons (Fsp3) is 0.533. The number of rotatable bonds is 9. The van der Waals surface area contributed by atoms with Crippen LogP contribution in [0.2, 0.25) is 0 Å². The van der Waals surface area contributed by atoms with Crippen LogP contribution in [0.15, 0.2) is 41.1 Å². The summed E-state index contributed by atoms with van der Waals surface area (Å²) in [7, 11) is 0. The molecule has 0 aromatic carbocycles. The van der Waals surface area contributed by atoms with Gasteiger partial charge in [0.1, 0.15) is 6.10 Å². The fourth-order valence-electron chi connectivity index (χ4n) is 1.62. The molecule has 0 bridgehead atoms. The lowest BCUT2D eigenvalue weighted by atomic mass is 10.0. The van der Waals surface area contributed by atoms with Gasteiger partial charge in [-0.1, -0.05) is 38.7 Å². The molecular weight excluding hydrogens is 210 g/mol. The quantitative estimate of drug-likeness (QED) is 0.324. The molecule has 0 aliphatic heterocycles. The van der Waals surface area contributed by atoms with E-state index in [-0.39, 0.29) is 6.10 Å². The van der Waals surface area contributed by atoms with Gasteiger partial charge in [-0.15, -0.1) is 5.16 Å². The zero-order valence-corrected chi connectivity index (χ0v) is 11.4. The highest BCUT2D eigenvalue weighted by molar-refractivity contribution is 5.30. The normalized spacial score (nSPS) is 14.3. The number of nitrogens with zero attached hydrogens (tertiary/aromatic N) is 1. The maximum atomic E-state index is 5.19. The second kappa shape index (κ2) is 9.88. The highest BCUT2D eigenvalue weighted by atomic mass is 16.6. The maximum Gasteiger partial charge on any atom is 0.127 e. The molecule has 0 fully saturated rings. The minimum Gasteiger partial charge on any atom is -0.393 e. The summed E-state index contributed by atoms with van der Waals surface area (Å²) in [6.45, 7) is 13.6. The lowest BCUT2D eigenvalue weighted by molar-refractivity contribution is 0.0526. The molecule has 0 saturated carbocycles. The molecule has 0 spiro atoms. The maximum absolute atomic E-state index is 5.19. The molecule has 0 radical (unpaired) electrons. The first-order valence-corrected chi connectivity index (χ1v) is 6.30. The summed E-state index contributed by atoms with van der Waals surface area (Å²) in [6, 6.07) is 0. The Labute approximate surface area is 106 Å². The van der Waals surface area contributed by atoms with Crippen LogP contribution in [0.25, 0.3) is 0 Å². The number of hydrogen-bond donors (Lipinski definition) is 0. The molecule has 0 aliphatic rings. The van der Waals surface area contributed by atoms with Gasteiger partial charge in [0, 0.05) is 6.72 Å². The average Bonchev–Trinajstić information content (AvgIpc) is 2.35. The van der Waals surface area contributed by atoms with Gasteiger partial charge in [-0.05, 0) is 43.8 Å². The van der Waals surface area contributed by atoms with Gasteiger partial charge < -0.3 is 4.84 Å². The highest BCUT2D eigenvalue weighted by Crippen LogP contribution is 2.17. The third kappa shape index (κ3) is 6.77. The first kappa shape index (κ1) is 15.7. The van der Waals surface area contributed by atoms with Crippen LogP contribution in [-0.2, 0) is 4.84 Å². The standard InChI is InChI=1S/C15H25NO/c1-6-9-10-13(4)14(7-2)11-12-15(8-3)17-16-5/h7,9-10,15H,2,5-6,8,11-12H2,1,3-4H3/b10-9-,14-13+. The van der Waals surface area contributed by atoms with E-state index in [9.17, 15) is 0 Å². The third-order valence-electron chi connectivity index (χ3n) is 2.77. The summed E-state index contributed by atoms with van der Waals surface area (Å²) >= 11 is 0. The Morgan fingerprint density at radius 1 is 1.41 bits per heavy atom. The van der Waals surface area contributed by atoms with Crippen molar-refractivity contribution in [2.24, 2.45) is 5.16 Å². The first-order valence-electron chi connectivity index (χ1n) is 6.30. The van der Waals surface area contributed by atoms with Gasteiger partial charge in [-0.3, -0.25) is 0 Å². The lowest BCUT2D eigenvalue weighted by Crippen LogP contribution is -2.08. The van der Waals surface area contributed by atoms with Crippen molar-refractivity contribution < 1.29 is 4.84 Å². The zero-order chi connectivity index (χ0) is 13.1. The smallest absolute Gasteiger partial charge is 0.127 e. The molecule has 0 heterocycles. The number of oxime groups is 1. The SMILES string of the molecule is C=C/C(CCC(CC)ON=C)=C(C)\C=C/CC. The Bertz CT molecular complexity index is 289. The van der Waals surface area contributed by atoms with Crippen molar-refractivity contribution in [2.75, 3.05) is 0 Å². The van der Waals surface area contributed by atoms with Crippen molar-refractivity contribution in [3.8, 4) is 0 Å². The number of allylic oxidation sites excluding steroid dienone is 5. The van der Waals surface area contributed by atoms with Crippen molar-refractivity contribution in [3.63, 3.8) is 0 Å². The second-order valence-electron chi connectivity index (χ2n) is 4.03. The molecule has 0 amide bonds. The molecule has 17 heavy (non-hydrogen) atoms. The Kier molecular flexibility index (Phi) is 9.12. The van der Waals surface area contributed by atoms with Crippen LogP contribution >= 0.6 is 0 Å². The van der Waals surface area contributed by atoms with Crippen LogP contribution in [0.3, 0.4) is 0 Å². The van der Waals surface area contributed by atoms with Crippen LogP contribution in [-0.4, -0.2) is 12.8 Å². The zero-order valence-electron chi connectivity index (χ0n) is 11.4. The van der Waals surface area contributed by atoms with Crippen molar-refractivity contribution in [2.45, 2.75) is 52.6 Å². The van der Waals surface area contributed by atoms with E-state index in [1.807, 2.05) is 6.08 Å². The van der Waals surface area contributed by atoms with Gasteiger partial charge in [-0.2, -0.15) is 0 Å². The predicted octanol–water partition coefficient (Wildman–Crippen LogP) is 4.65. The molecule has 0 aromatic heterocycles. The van der Waals surface area contributed by atoms with Crippen LogP contribution < -0.4 is 0 Å². The molecule has 2 heteroatoms. The van der Waals surface area contributed by atoms with Crippen molar-refractivity contribution in [1.29, 1.82) is 0 Å². The summed E-state index contributed by atoms with van der Waals surface area (Å²) in [4.78, 5) is 5.19. The van der Waals surface area contributed by atoms with E-state index in [0.717, 1.165) is 25.7 Å². The minimum absolute atomic E-state index is 0.158. The van der Waals surface area contributed by atoms with Crippen molar-refractivity contribution in [1.82, 2.24) is 0 Å². The largest absolute Gasteiger partial charge is 0.393 e. The van der Waals surface area contributed by atoms with Gasteiger partial charge >= 0.3 is 0 Å². The van der Waals surface area contributed by atoms with E-state index in [1.165, 1.54) is 11.1 Å². The fourth-order valence-corrected chi connectivity index (χ4v) is 1.62. The first-order chi connectivity index (χ1) is 8.19. The van der Waals surface area contributed by atoms with Gasteiger partial charge in [-0.25, -0.2) is 0 Å². The summed E-state index contributed by atoms with van der Waals surface area (Å²) < 4.78 is 0. The molecule has 96 valence electrons. The lowest BCUT2D eigenvalue weighted by Gasteiger charge is -2.13. The predicted molar refractivity (Wildman–Crippen MR) is 76.3 cm³/mol. The number of hydrogen-bond acceptors (Lipinski definition) is 2. The van der Waals surface area contributed by atoms with Crippen LogP contribution in [0.1, 0.15) is 46.5 Å². The molecule has 2 nitrogen and oxygen atoms in total. The third-order valence-corrected chi connectivity index (χ3v) is 2.77. The highest BCUT2D eigenvalue weighted by Gasteiger charge is 2.07. The van der Waals surface area contributed by atoms with Gasteiger partial charge in [0.15, 0.2) is 0 Å². The summed E-state index contributed by atoms with van der Waals surface area (Å²) in [6.07, 6.45) is 10.3. The van der Waals surface area contributed by atoms with E-state index in [1.54, 1.807) is 0 Å². The van der Waals surface area contributed by atoms with Gasteiger partial charge in [0.05, 0.1) is 0 Å². The van der Waals surface area contributed by atoms with E-state index in [2.05, 4.69) is 51.4 Å². The van der Waals surface area contributed by atoms with Crippen molar-refractivity contribution in [3.05, 3.63) is 36.0 Å². The van der Waals surface area contributed by atoms with Gasteiger partial charge in [0.2, 0.25) is 0 Å². The van der Waals surface area contributed by atoms with Crippen LogP contribution in [0, 0.1) is 0 Å². The molecule has 1 unspecified atom stereocenters. The Balaban J connectivity index is 4.43. The van der Waals surface area contributed by atoms with Crippen LogP contribution in [0.4, 0.5) is 0 Å². The van der Waals surface area contributed by atoms with Gasteiger partial charge in [0.25, 0.3) is 0 Å². The molecule has 1 atom stereocenters.